The van der Waals surface area contributed by atoms with Crippen molar-refractivity contribution in [2.24, 2.45) is 0 Å². The highest BCUT2D eigenvalue weighted by molar-refractivity contribution is 5.18. The maximum Gasteiger partial charge on any atom is 0.0320 e. The Morgan fingerprint density at radius 3 is 2.69 bits per heavy atom. The molecule has 1 aromatic carbocycles. The predicted molar refractivity (Wildman–Crippen MR) is 70.2 cm³/mol. The molecular weight excluding hydrogens is 194 g/mol. The first-order chi connectivity index (χ1) is 7.88. The van der Waals surface area contributed by atoms with Crippen molar-refractivity contribution in [1.29, 1.82) is 0 Å². The lowest BCUT2D eigenvalue weighted by molar-refractivity contribution is 0.487. The molecule has 1 unspecified atom stereocenters. The molecule has 1 nitrogen and oxygen atoms in total. The third-order valence-electron chi connectivity index (χ3n) is 2.66. The maximum atomic E-state index is 5.28. The molecule has 0 amide bonds. The van der Waals surface area contributed by atoms with Crippen LogP contribution in [-0.2, 0) is 0 Å². The van der Waals surface area contributed by atoms with Gasteiger partial charge in [0.05, 0.1) is 0 Å². The quantitative estimate of drug-likeness (QED) is 0.542. The highest BCUT2D eigenvalue weighted by atomic mass is 14.9. The lowest BCUT2D eigenvalue weighted by Gasteiger charge is -2.18. The molecule has 0 radical (unpaired) electrons. The maximum absolute atomic E-state index is 5.28. The molecule has 0 fully saturated rings. The monoisotopic (exact) mass is 215 g/mol. The molecule has 0 bridgehead atoms. The van der Waals surface area contributed by atoms with Crippen molar-refractivity contribution in [3.8, 4) is 12.3 Å². The van der Waals surface area contributed by atoms with Gasteiger partial charge in [0, 0.05) is 12.5 Å². The zero-order valence-corrected chi connectivity index (χ0v) is 10.1. The van der Waals surface area contributed by atoms with E-state index in [1.54, 1.807) is 0 Å². The van der Waals surface area contributed by atoms with Crippen molar-refractivity contribution in [3.05, 3.63) is 35.9 Å². The molecule has 0 heterocycles. The summed E-state index contributed by atoms with van der Waals surface area (Å²) in [5.74, 6) is 2.70. The van der Waals surface area contributed by atoms with Gasteiger partial charge in [0.2, 0.25) is 0 Å². The van der Waals surface area contributed by atoms with Crippen LogP contribution >= 0.6 is 0 Å². The topological polar surface area (TPSA) is 12.0 Å². The lowest BCUT2D eigenvalue weighted by atomic mass is 10.0. The summed E-state index contributed by atoms with van der Waals surface area (Å²) in [7, 11) is 0. The number of nitrogens with one attached hydrogen (secondary N) is 1. The van der Waals surface area contributed by atoms with Crippen LogP contribution in [0.4, 0.5) is 0 Å². The molecule has 0 spiro atoms. The van der Waals surface area contributed by atoms with Crippen molar-refractivity contribution in [1.82, 2.24) is 5.32 Å². The van der Waals surface area contributed by atoms with Crippen LogP contribution in [0.25, 0.3) is 0 Å². The second-order valence-electron chi connectivity index (χ2n) is 4.01. The zero-order chi connectivity index (χ0) is 11.6. The van der Waals surface area contributed by atoms with Crippen molar-refractivity contribution in [2.45, 2.75) is 38.6 Å². The van der Waals surface area contributed by atoms with Gasteiger partial charge in [0.15, 0.2) is 0 Å². The van der Waals surface area contributed by atoms with Gasteiger partial charge < -0.3 is 5.32 Å². The third kappa shape index (κ3) is 4.51. The fourth-order valence-electron chi connectivity index (χ4n) is 1.80. The summed E-state index contributed by atoms with van der Waals surface area (Å²) < 4.78 is 0. The minimum Gasteiger partial charge on any atom is -0.310 e. The van der Waals surface area contributed by atoms with Gasteiger partial charge in [0.1, 0.15) is 0 Å². The first-order valence-corrected chi connectivity index (χ1v) is 6.10. The van der Waals surface area contributed by atoms with Crippen LogP contribution in [0.15, 0.2) is 30.3 Å². The van der Waals surface area contributed by atoms with Crippen LogP contribution in [0.2, 0.25) is 0 Å². The van der Waals surface area contributed by atoms with E-state index in [0.29, 0.717) is 6.04 Å². The SMILES string of the molecule is C#CCCCC(NCCC)c1ccccc1. The number of terminal acetylenes is 1. The Labute approximate surface area is 99.3 Å². The first-order valence-electron chi connectivity index (χ1n) is 6.10. The highest BCUT2D eigenvalue weighted by Gasteiger charge is 2.08. The largest absolute Gasteiger partial charge is 0.310 e. The van der Waals surface area contributed by atoms with E-state index in [9.17, 15) is 0 Å². The fraction of sp³-hybridized carbons (Fsp3) is 0.467. The van der Waals surface area contributed by atoms with Gasteiger partial charge in [-0.3, -0.25) is 0 Å². The van der Waals surface area contributed by atoms with Crippen LogP contribution in [0.3, 0.4) is 0 Å². The van der Waals surface area contributed by atoms with E-state index in [-0.39, 0.29) is 0 Å². The van der Waals surface area contributed by atoms with Gasteiger partial charge in [-0.25, -0.2) is 0 Å². The highest BCUT2D eigenvalue weighted by Crippen LogP contribution is 2.18. The van der Waals surface area contributed by atoms with Crippen molar-refractivity contribution >= 4 is 0 Å². The summed E-state index contributed by atoms with van der Waals surface area (Å²) in [6.45, 7) is 3.26. The van der Waals surface area contributed by atoms with Crippen LogP contribution < -0.4 is 5.32 Å². The number of hydrogen-bond donors (Lipinski definition) is 1. The Morgan fingerprint density at radius 2 is 2.06 bits per heavy atom. The predicted octanol–water partition coefficient (Wildman–Crippen LogP) is 3.53. The molecule has 0 saturated heterocycles. The molecule has 0 aliphatic carbocycles. The van der Waals surface area contributed by atoms with Crippen molar-refractivity contribution in [2.75, 3.05) is 6.54 Å². The van der Waals surface area contributed by atoms with Crippen LogP contribution in [0, 0.1) is 12.3 Å². The zero-order valence-electron chi connectivity index (χ0n) is 10.1. The molecule has 0 aliphatic rings. The smallest absolute Gasteiger partial charge is 0.0320 e. The van der Waals surface area contributed by atoms with E-state index in [1.807, 2.05) is 0 Å². The summed E-state index contributed by atoms with van der Waals surface area (Å²) in [5, 5.41) is 3.58. The summed E-state index contributed by atoms with van der Waals surface area (Å²) >= 11 is 0. The number of rotatable bonds is 7. The Bertz CT molecular complexity index is 310. The number of unbranched alkanes of at least 4 members (excludes halogenated alkanes) is 1. The summed E-state index contributed by atoms with van der Waals surface area (Å²) in [4.78, 5) is 0. The average molecular weight is 215 g/mol. The standard InChI is InChI=1S/C15H21N/c1-3-5-7-12-15(16-13-4-2)14-10-8-6-9-11-14/h1,6,8-11,15-16H,4-5,7,12-13H2,2H3. The van der Waals surface area contributed by atoms with E-state index in [1.165, 1.54) is 12.0 Å². The Kier molecular flexibility index (Phi) is 6.37. The molecule has 1 aromatic rings. The number of benzene rings is 1. The van der Waals surface area contributed by atoms with E-state index in [2.05, 4.69) is 48.5 Å². The van der Waals surface area contributed by atoms with E-state index in [0.717, 1.165) is 25.8 Å². The van der Waals surface area contributed by atoms with Gasteiger partial charge >= 0.3 is 0 Å². The second-order valence-corrected chi connectivity index (χ2v) is 4.01. The van der Waals surface area contributed by atoms with Crippen LogP contribution in [-0.4, -0.2) is 6.54 Å². The van der Waals surface area contributed by atoms with Gasteiger partial charge in [-0.1, -0.05) is 37.3 Å². The lowest BCUT2D eigenvalue weighted by Crippen LogP contribution is -2.22. The Morgan fingerprint density at radius 1 is 1.31 bits per heavy atom. The van der Waals surface area contributed by atoms with Gasteiger partial charge in [-0.05, 0) is 31.4 Å². The summed E-state index contributed by atoms with van der Waals surface area (Å²) in [5.41, 5.74) is 1.37. The summed E-state index contributed by atoms with van der Waals surface area (Å²) in [6, 6.07) is 11.1. The molecule has 0 aliphatic heterocycles. The third-order valence-corrected chi connectivity index (χ3v) is 2.66. The van der Waals surface area contributed by atoms with Crippen molar-refractivity contribution in [3.63, 3.8) is 0 Å². The van der Waals surface area contributed by atoms with E-state index in [4.69, 9.17) is 6.42 Å². The minimum absolute atomic E-state index is 0.453. The molecule has 0 saturated carbocycles. The van der Waals surface area contributed by atoms with Gasteiger partial charge in [0.25, 0.3) is 0 Å². The summed E-state index contributed by atoms with van der Waals surface area (Å²) in [6.07, 6.45) is 9.53. The molecule has 1 N–H and O–H groups in total. The molecule has 1 atom stereocenters. The number of hydrogen-bond acceptors (Lipinski definition) is 1. The first kappa shape index (κ1) is 12.8. The fourth-order valence-corrected chi connectivity index (χ4v) is 1.80. The normalized spacial score (nSPS) is 12.0. The molecular formula is C15H21N. The van der Waals surface area contributed by atoms with E-state index >= 15 is 0 Å². The van der Waals surface area contributed by atoms with Gasteiger partial charge in [-0.15, -0.1) is 12.3 Å². The van der Waals surface area contributed by atoms with Crippen LogP contribution in [0.5, 0.6) is 0 Å². The molecule has 86 valence electrons. The Hall–Kier alpha value is -1.26. The van der Waals surface area contributed by atoms with Crippen LogP contribution in [0.1, 0.15) is 44.2 Å². The Balaban J connectivity index is 2.53. The van der Waals surface area contributed by atoms with E-state index < -0.39 is 0 Å². The second kappa shape index (κ2) is 7.96. The average Bonchev–Trinajstić information content (AvgIpc) is 2.35. The minimum atomic E-state index is 0.453. The van der Waals surface area contributed by atoms with Gasteiger partial charge in [-0.2, -0.15) is 0 Å². The van der Waals surface area contributed by atoms with Crippen molar-refractivity contribution < 1.29 is 0 Å². The molecule has 1 heteroatoms. The molecule has 1 rings (SSSR count). The molecule has 16 heavy (non-hydrogen) atoms. The molecule has 0 aromatic heterocycles.